The highest BCUT2D eigenvalue weighted by atomic mass is 32.2. The maximum atomic E-state index is 5.61. The van der Waals surface area contributed by atoms with Crippen LogP contribution in [-0.2, 0) is 4.74 Å². The molecule has 1 atom stereocenters. The van der Waals surface area contributed by atoms with Gasteiger partial charge in [-0.15, -0.1) is 11.8 Å². The monoisotopic (exact) mass is 189 g/mol. The molecule has 0 aromatic rings. The SMILES string of the molecule is CC(N)CCSCOCC1CC1. The minimum Gasteiger partial charge on any atom is -0.371 e. The van der Waals surface area contributed by atoms with Crippen molar-refractivity contribution in [1.82, 2.24) is 0 Å². The summed E-state index contributed by atoms with van der Waals surface area (Å²) in [7, 11) is 0. The summed E-state index contributed by atoms with van der Waals surface area (Å²) in [6.07, 6.45) is 3.85. The summed E-state index contributed by atoms with van der Waals surface area (Å²) in [5.74, 6) is 2.87. The van der Waals surface area contributed by atoms with Gasteiger partial charge in [0.1, 0.15) is 0 Å². The first-order valence-electron chi connectivity index (χ1n) is 4.70. The van der Waals surface area contributed by atoms with E-state index in [2.05, 4.69) is 0 Å². The normalized spacial score (nSPS) is 19.5. The van der Waals surface area contributed by atoms with Gasteiger partial charge >= 0.3 is 0 Å². The van der Waals surface area contributed by atoms with Crippen LogP contribution in [0.2, 0.25) is 0 Å². The van der Waals surface area contributed by atoms with Crippen molar-refractivity contribution in [2.24, 2.45) is 11.7 Å². The van der Waals surface area contributed by atoms with E-state index in [1.165, 1.54) is 12.8 Å². The molecule has 0 heterocycles. The number of nitrogens with two attached hydrogens (primary N) is 1. The fourth-order valence-electron chi connectivity index (χ4n) is 0.886. The summed E-state index contributed by atoms with van der Waals surface area (Å²) < 4.78 is 5.46. The molecule has 1 fully saturated rings. The average molecular weight is 189 g/mol. The predicted molar refractivity (Wildman–Crippen MR) is 54.3 cm³/mol. The molecule has 0 aromatic heterocycles. The number of rotatable bonds is 7. The minimum absolute atomic E-state index is 0.334. The first-order valence-corrected chi connectivity index (χ1v) is 5.85. The van der Waals surface area contributed by atoms with E-state index in [1.807, 2.05) is 18.7 Å². The van der Waals surface area contributed by atoms with Crippen LogP contribution in [0.15, 0.2) is 0 Å². The van der Waals surface area contributed by atoms with Crippen LogP contribution in [0.4, 0.5) is 0 Å². The molecule has 3 heteroatoms. The van der Waals surface area contributed by atoms with Gasteiger partial charge in [0.25, 0.3) is 0 Å². The van der Waals surface area contributed by atoms with Crippen LogP contribution < -0.4 is 5.73 Å². The summed E-state index contributed by atoms with van der Waals surface area (Å²) >= 11 is 1.85. The average Bonchev–Trinajstić information content (AvgIpc) is 2.79. The van der Waals surface area contributed by atoms with Crippen LogP contribution in [0.3, 0.4) is 0 Å². The maximum absolute atomic E-state index is 5.61. The van der Waals surface area contributed by atoms with E-state index in [4.69, 9.17) is 10.5 Å². The molecule has 1 aliphatic carbocycles. The molecule has 2 nitrogen and oxygen atoms in total. The molecule has 0 spiro atoms. The van der Waals surface area contributed by atoms with Crippen molar-refractivity contribution in [3.8, 4) is 0 Å². The van der Waals surface area contributed by atoms with Gasteiger partial charge in [0.05, 0.1) is 12.5 Å². The lowest BCUT2D eigenvalue weighted by atomic mass is 10.3. The standard InChI is InChI=1S/C9H19NOS/c1-8(10)4-5-12-7-11-6-9-2-3-9/h8-9H,2-7,10H2,1H3. The van der Waals surface area contributed by atoms with Crippen molar-refractivity contribution in [3.63, 3.8) is 0 Å². The summed E-state index contributed by atoms with van der Waals surface area (Å²) in [6, 6.07) is 0.334. The van der Waals surface area contributed by atoms with E-state index in [0.29, 0.717) is 6.04 Å². The fraction of sp³-hybridized carbons (Fsp3) is 1.00. The molecular formula is C9H19NOS. The fourth-order valence-corrected chi connectivity index (χ4v) is 1.76. The van der Waals surface area contributed by atoms with Crippen molar-refractivity contribution < 1.29 is 4.74 Å². The molecule has 1 aliphatic rings. The lowest BCUT2D eigenvalue weighted by molar-refractivity contribution is 0.171. The van der Waals surface area contributed by atoms with Crippen LogP contribution in [-0.4, -0.2) is 24.3 Å². The number of ether oxygens (including phenoxy) is 1. The zero-order valence-corrected chi connectivity index (χ0v) is 8.61. The van der Waals surface area contributed by atoms with Gasteiger partial charge in [-0.1, -0.05) is 0 Å². The highest BCUT2D eigenvalue weighted by molar-refractivity contribution is 7.99. The van der Waals surface area contributed by atoms with E-state index < -0.39 is 0 Å². The van der Waals surface area contributed by atoms with Crippen molar-refractivity contribution in [2.75, 3.05) is 18.3 Å². The summed E-state index contributed by atoms with van der Waals surface area (Å²) in [6.45, 7) is 3.02. The Morgan fingerprint density at radius 3 is 2.92 bits per heavy atom. The molecule has 1 saturated carbocycles. The second kappa shape index (κ2) is 5.84. The van der Waals surface area contributed by atoms with E-state index in [-0.39, 0.29) is 0 Å². The van der Waals surface area contributed by atoms with E-state index in [1.54, 1.807) is 0 Å². The molecule has 0 bridgehead atoms. The first kappa shape index (κ1) is 10.4. The predicted octanol–water partition coefficient (Wildman–Crippen LogP) is 1.84. The second-order valence-electron chi connectivity index (χ2n) is 3.61. The zero-order valence-electron chi connectivity index (χ0n) is 7.79. The van der Waals surface area contributed by atoms with Crippen molar-refractivity contribution in [3.05, 3.63) is 0 Å². The molecule has 0 radical (unpaired) electrons. The molecule has 0 amide bonds. The highest BCUT2D eigenvalue weighted by Gasteiger charge is 2.20. The van der Waals surface area contributed by atoms with Gasteiger partial charge in [0.15, 0.2) is 0 Å². The Morgan fingerprint density at radius 1 is 1.58 bits per heavy atom. The Kier molecular flexibility index (Phi) is 5.04. The van der Waals surface area contributed by atoms with Crippen LogP contribution in [0.1, 0.15) is 26.2 Å². The third-order valence-corrected chi connectivity index (χ3v) is 2.79. The second-order valence-corrected chi connectivity index (χ2v) is 4.66. The number of hydrogen-bond donors (Lipinski definition) is 1. The van der Waals surface area contributed by atoms with E-state index >= 15 is 0 Å². The van der Waals surface area contributed by atoms with Crippen molar-refractivity contribution >= 4 is 11.8 Å². The molecular weight excluding hydrogens is 170 g/mol. The lowest BCUT2D eigenvalue weighted by Gasteiger charge is -2.04. The molecule has 0 aromatic carbocycles. The van der Waals surface area contributed by atoms with Crippen molar-refractivity contribution in [1.29, 1.82) is 0 Å². The van der Waals surface area contributed by atoms with Crippen LogP contribution in [0, 0.1) is 5.92 Å². The Bertz CT molecular complexity index is 109. The quantitative estimate of drug-likeness (QED) is 0.490. The van der Waals surface area contributed by atoms with Crippen LogP contribution in [0.5, 0.6) is 0 Å². The molecule has 0 saturated heterocycles. The number of hydrogen-bond acceptors (Lipinski definition) is 3. The van der Waals surface area contributed by atoms with Gasteiger partial charge in [-0.3, -0.25) is 0 Å². The van der Waals surface area contributed by atoms with E-state index in [9.17, 15) is 0 Å². The van der Waals surface area contributed by atoms with Gasteiger partial charge in [0.2, 0.25) is 0 Å². The molecule has 0 aliphatic heterocycles. The zero-order chi connectivity index (χ0) is 8.81. The van der Waals surface area contributed by atoms with E-state index in [0.717, 1.165) is 30.6 Å². The van der Waals surface area contributed by atoms with Gasteiger partial charge < -0.3 is 10.5 Å². The Morgan fingerprint density at radius 2 is 2.33 bits per heavy atom. The summed E-state index contributed by atoms with van der Waals surface area (Å²) in [5, 5.41) is 0. The third-order valence-electron chi connectivity index (χ3n) is 1.93. The lowest BCUT2D eigenvalue weighted by Crippen LogP contribution is -2.15. The Balaban J connectivity index is 1.70. The molecule has 1 rings (SSSR count). The van der Waals surface area contributed by atoms with Crippen molar-refractivity contribution in [2.45, 2.75) is 32.2 Å². The van der Waals surface area contributed by atoms with Crippen LogP contribution in [0.25, 0.3) is 0 Å². The van der Waals surface area contributed by atoms with Gasteiger partial charge in [0, 0.05) is 6.04 Å². The van der Waals surface area contributed by atoms with Gasteiger partial charge in [-0.05, 0) is 37.9 Å². The van der Waals surface area contributed by atoms with Gasteiger partial charge in [-0.25, -0.2) is 0 Å². The Hall–Kier alpha value is 0.270. The first-order chi connectivity index (χ1) is 5.79. The third kappa shape index (κ3) is 5.86. The maximum Gasteiger partial charge on any atom is 0.0921 e. The van der Waals surface area contributed by atoms with Crippen LogP contribution >= 0.6 is 11.8 Å². The minimum atomic E-state index is 0.334. The molecule has 1 unspecified atom stereocenters. The smallest absolute Gasteiger partial charge is 0.0921 e. The Labute approximate surface area is 79.2 Å². The molecule has 12 heavy (non-hydrogen) atoms. The molecule has 72 valence electrons. The largest absolute Gasteiger partial charge is 0.371 e. The van der Waals surface area contributed by atoms with Gasteiger partial charge in [-0.2, -0.15) is 0 Å². The highest BCUT2D eigenvalue weighted by Crippen LogP contribution is 2.29. The summed E-state index contributed by atoms with van der Waals surface area (Å²) in [5.41, 5.74) is 5.61. The molecule has 2 N–H and O–H groups in total. The summed E-state index contributed by atoms with van der Waals surface area (Å²) in [4.78, 5) is 0. The number of thioether (sulfide) groups is 1. The topological polar surface area (TPSA) is 35.2 Å².